The third-order valence-electron chi connectivity index (χ3n) is 3.45. The zero-order valence-electron chi connectivity index (χ0n) is 11.4. The van der Waals surface area contributed by atoms with Crippen molar-refractivity contribution in [3.63, 3.8) is 0 Å². The van der Waals surface area contributed by atoms with E-state index in [1.54, 1.807) is 13.1 Å². The molecule has 2 heterocycles. The lowest BCUT2D eigenvalue weighted by molar-refractivity contribution is 0.579. The number of hydrogen-bond donors (Lipinski definition) is 2. The maximum atomic E-state index is 14.4. The summed E-state index contributed by atoms with van der Waals surface area (Å²) in [5, 5.41) is 0.842. The highest BCUT2D eigenvalue weighted by Gasteiger charge is 2.15. The lowest BCUT2D eigenvalue weighted by Crippen LogP contribution is -2.07. The number of halogens is 3. The second-order valence-corrected chi connectivity index (χ2v) is 5.73. The van der Waals surface area contributed by atoms with E-state index >= 15 is 0 Å². The molecule has 0 spiro atoms. The van der Waals surface area contributed by atoms with Crippen LogP contribution in [0.2, 0.25) is 0 Å². The topological polar surface area (TPSA) is 71.8 Å². The molecule has 3 aromatic rings. The number of H-pyrrole nitrogens is 1. The summed E-state index contributed by atoms with van der Waals surface area (Å²) in [6.45, 7) is 1.79. The molecule has 0 fully saturated rings. The number of fused-ring (bicyclic) bond motifs is 1. The number of nitrogens with zero attached hydrogens (tertiary/aromatic N) is 1. The van der Waals surface area contributed by atoms with E-state index in [2.05, 4.69) is 25.9 Å². The fourth-order valence-electron chi connectivity index (χ4n) is 2.32. The highest BCUT2D eigenvalue weighted by molar-refractivity contribution is 9.10. The van der Waals surface area contributed by atoms with E-state index in [-0.39, 0.29) is 32.4 Å². The molecule has 1 aromatic carbocycles. The quantitative estimate of drug-likeness (QED) is 0.648. The van der Waals surface area contributed by atoms with Gasteiger partial charge in [-0.1, -0.05) is 0 Å². The van der Waals surface area contributed by atoms with Gasteiger partial charge in [0.2, 0.25) is 5.95 Å². The average Bonchev–Trinajstić information content (AvgIpc) is 2.47. The first kappa shape index (κ1) is 14.6. The van der Waals surface area contributed by atoms with Gasteiger partial charge in [0.25, 0.3) is 5.56 Å². The third kappa shape index (κ3) is 2.27. The Kier molecular flexibility index (Phi) is 3.44. The molecule has 112 valence electrons. The molecule has 0 bridgehead atoms. The van der Waals surface area contributed by atoms with Crippen LogP contribution in [-0.4, -0.2) is 9.97 Å². The number of aryl methyl sites for hydroxylation is 1. The molecular formula is C15H10BrF2N3O. The van der Waals surface area contributed by atoms with Crippen LogP contribution in [0.3, 0.4) is 0 Å². The molecule has 0 atom stereocenters. The largest absolute Gasteiger partial charge is 0.383 e. The molecule has 0 aliphatic rings. The number of nitrogens with one attached hydrogen (secondary N) is 1. The molecule has 3 N–H and O–H groups in total. The number of rotatable bonds is 1. The first-order valence-electron chi connectivity index (χ1n) is 6.32. The van der Waals surface area contributed by atoms with Gasteiger partial charge < -0.3 is 10.7 Å². The van der Waals surface area contributed by atoms with Crippen molar-refractivity contribution in [2.24, 2.45) is 0 Å². The Morgan fingerprint density at radius 3 is 2.64 bits per heavy atom. The predicted molar refractivity (Wildman–Crippen MR) is 84.6 cm³/mol. The molecule has 0 amide bonds. The maximum absolute atomic E-state index is 14.4. The normalized spacial score (nSPS) is 11.1. The second-order valence-electron chi connectivity index (χ2n) is 4.87. The number of aromatic nitrogens is 2. The number of nitrogens with two attached hydrogens (primary N) is 1. The number of anilines is 1. The van der Waals surface area contributed by atoms with Gasteiger partial charge >= 0.3 is 0 Å². The molecule has 7 heteroatoms. The molecular weight excluding hydrogens is 356 g/mol. The smallest absolute Gasteiger partial charge is 0.255 e. The molecule has 0 aliphatic carbocycles. The van der Waals surface area contributed by atoms with E-state index in [0.717, 1.165) is 11.6 Å². The van der Waals surface area contributed by atoms with E-state index in [1.165, 1.54) is 12.1 Å². The van der Waals surface area contributed by atoms with Gasteiger partial charge in [0.1, 0.15) is 11.6 Å². The van der Waals surface area contributed by atoms with Crippen molar-refractivity contribution in [2.45, 2.75) is 6.92 Å². The Morgan fingerprint density at radius 2 is 1.91 bits per heavy atom. The fourth-order valence-corrected chi connectivity index (χ4v) is 2.64. The number of hydrogen-bond acceptors (Lipinski definition) is 3. The molecule has 0 radical (unpaired) electrons. The molecule has 4 nitrogen and oxygen atoms in total. The average molecular weight is 366 g/mol. The fraction of sp³-hybridized carbons (Fsp3) is 0.0667. The third-order valence-corrected chi connectivity index (χ3v) is 4.01. The number of benzene rings is 1. The first-order valence-corrected chi connectivity index (χ1v) is 7.11. The van der Waals surface area contributed by atoms with Gasteiger partial charge in [-0.25, -0.2) is 9.37 Å². The van der Waals surface area contributed by atoms with Crippen molar-refractivity contribution in [1.29, 1.82) is 0 Å². The molecule has 22 heavy (non-hydrogen) atoms. The van der Waals surface area contributed by atoms with Gasteiger partial charge in [0.05, 0.1) is 9.86 Å². The lowest BCUT2D eigenvalue weighted by Gasteiger charge is -2.10. The van der Waals surface area contributed by atoms with Crippen LogP contribution in [0.25, 0.3) is 21.9 Å². The predicted octanol–water partition coefficient (Wildman–Crippen LogP) is 3.52. The minimum atomic E-state index is -0.768. The lowest BCUT2D eigenvalue weighted by atomic mass is 10.00. The molecule has 0 aliphatic heterocycles. The zero-order chi connectivity index (χ0) is 16.0. The van der Waals surface area contributed by atoms with Crippen LogP contribution in [-0.2, 0) is 0 Å². The number of pyridine rings is 2. The summed E-state index contributed by atoms with van der Waals surface area (Å²) < 4.78 is 27.8. The van der Waals surface area contributed by atoms with Crippen molar-refractivity contribution < 1.29 is 8.78 Å². The number of aromatic amines is 1. The SMILES string of the molecule is Cc1c[nH]c(=O)c2cc(F)c(-c3cc(Br)c(F)nc3N)cc12. The van der Waals surface area contributed by atoms with Crippen molar-refractivity contribution in [2.75, 3.05) is 5.73 Å². The Morgan fingerprint density at radius 1 is 1.18 bits per heavy atom. The van der Waals surface area contributed by atoms with Gasteiger partial charge in [0.15, 0.2) is 0 Å². The van der Waals surface area contributed by atoms with Crippen LogP contribution in [0.1, 0.15) is 5.56 Å². The summed E-state index contributed by atoms with van der Waals surface area (Å²) in [4.78, 5) is 17.9. The van der Waals surface area contributed by atoms with Crippen molar-refractivity contribution >= 4 is 32.5 Å². The van der Waals surface area contributed by atoms with Crippen LogP contribution in [0.4, 0.5) is 14.6 Å². The van der Waals surface area contributed by atoms with Crippen molar-refractivity contribution in [1.82, 2.24) is 9.97 Å². The van der Waals surface area contributed by atoms with Crippen molar-refractivity contribution in [3.8, 4) is 11.1 Å². The van der Waals surface area contributed by atoms with Gasteiger partial charge in [-0.15, -0.1) is 0 Å². The zero-order valence-corrected chi connectivity index (χ0v) is 13.0. The number of nitrogen functional groups attached to an aromatic ring is 1. The van der Waals surface area contributed by atoms with Crippen LogP contribution in [0, 0.1) is 18.7 Å². The standard InChI is InChI=1S/C15H10BrF2N3O/c1-6-5-20-15(22)10-4-12(17)8(2-7(6)10)9-3-11(16)13(18)21-14(9)19/h2-5H,1H3,(H2,19,21)(H,20,22). The van der Waals surface area contributed by atoms with Gasteiger partial charge in [-0.05, 0) is 52.0 Å². The summed E-state index contributed by atoms with van der Waals surface area (Å²) in [5.74, 6) is -1.52. The van der Waals surface area contributed by atoms with E-state index < -0.39 is 11.8 Å². The minimum absolute atomic E-state index is 0.0822. The molecule has 0 saturated heterocycles. The highest BCUT2D eigenvalue weighted by atomic mass is 79.9. The maximum Gasteiger partial charge on any atom is 0.255 e. The van der Waals surface area contributed by atoms with E-state index in [1.807, 2.05) is 0 Å². The van der Waals surface area contributed by atoms with Crippen LogP contribution in [0.15, 0.2) is 33.7 Å². The summed E-state index contributed by atoms with van der Waals surface area (Å²) in [7, 11) is 0. The molecule has 0 unspecified atom stereocenters. The summed E-state index contributed by atoms with van der Waals surface area (Å²) in [5.41, 5.74) is 6.52. The first-order chi connectivity index (χ1) is 10.4. The van der Waals surface area contributed by atoms with Crippen LogP contribution >= 0.6 is 15.9 Å². The van der Waals surface area contributed by atoms with Gasteiger partial charge in [-0.3, -0.25) is 4.79 Å². The highest BCUT2D eigenvalue weighted by Crippen LogP contribution is 2.33. The monoisotopic (exact) mass is 365 g/mol. The van der Waals surface area contributed by atoms with Gasteiger partial charge in [0, 0.05) is 17.3 Å². The minimum Gasteiger partial charge on any atom is -0.383 e. The molecule has 2 aromatic heterocycles. The Balaban J connectivity index is 2.37. The Labute approximate surface area is 132 Å². The van der Waals surface area contributed by atoms with Gasteiger partial charge in [-0.2, -0.15) is 4.39 Å². The Bertz CT molecular complexity index is 969. The second kappa shape index (κ2) is 5.17. The van der Waals surface area contributed by atoms with Crippen LogP contribution < -0.4 is 11.3 Å². The van der Waals surface area contributed by atoms with Crippen LogP contribution in [0.5, 0.6) is 0 Å². The Hall–Kier alpha value is -2.28. The van der Waals surface area contributed by atoms with Crippen molar-refractivity contribution in [3.05, 3.63) is 56.6 Å². The summed E-state index contributed by atoms with van der Waals surface area (Å²) in [6.07, 6.45) is 1.55. The van der Waals surface area contributed by atoms with E-state index in [0.29, 0.717) is 5.39 Å². The van der Waals surface area contributed by atoms with E-state index in [4.69, 9.17) is 5.73 Å². The van der Waals surface area contributed by atoms with E-state index in [9.17, 15) is 13.6 Å². The summed E-state index contributed by atoms with van der Waals surface area (Å²) in [6, 6.07) is 4.03. The molecule has 0 saturated carbocycles. The summed E-state index contributed by atoms with van der Waals surface area (Å²) >= 11 is 3.01. The molecule has 3 rings (SSSR count).